The first-order chi connectivity index (χ1) is 11.1. The summed E-state index contributed by atoms with van der Waals surface area (Å²) < 4.78 is 16.1. The second-order valence-corrected chi connectivity index (χ2v) is 5.21. The van der Waals surface area contributed by atoms with E-state index in [1.807, 2.05) is 0 Å². The summed E-state index contributed by atoms with van der Waals surface area (Å²) in [5.41, 5.74) is 0.0925. The maximum absolute atomic E-state index is 11.1. The predicted molar refractivity (Wildman–Crippen MR) is 86.8 cm³/mol. The van der Waals surface area contributed by atoms with Crippen LogP contribution in [0.2, 0.25) is 0 Å². The number of rotatable bonds is 12. The lowest BCUT2D eigenvalue weighted by molar-refractivity contribution is 0.0696. The molecule has 0 unspecified atom stereocenters. The molecule has 0 amide bonds. The summed E-state index contributed by atoms with van der Waals surface area (Å²) in [6.45, 7) is 0.772. The van der Waals surface area contributed by atoms with E-state index in [0.29, 0.717) is 23.9 Å². The molecule has 0 spiro atoms. The lowest BCUT2D eigenvalue weighted by Crippen LogP contribution is -2.04. The van der Waals surface area contributed by atoms with Crippen LogP contribution < -0.4 is 14.2 Å². The first-order valence-electron chi connectivity index (χ1n) is 7.87. The number of aliphatic hydroxyl groups excluding tert-OH is 1. The first kappa shape index (κ1) is 19.1. The number of aromatic carboxylic acids is 1. The summed E-state index contributed by atoms with van der Waals surface area (Å²) in [7, 11) is 2.93. The van der Waals surface area contributed by atoms with Gasteiger partial charge >= 0.3 is 5.97 Å². The van der Waals surface area contributed by atoms with Gasteiger partial charge in [-0.15, -0.1) is 0 Å². The lowest BCUT2D eigenvalue weighted by atomic mass is 10.1. The van der Waals surface area contributed by atoms with E-state index in [2.05, 4.69) is 0 Å². The molecule has 0 radical (unpaired) electrons. The SMILES string of the molecule is COc1cc(C(=O)O)cc(OC)c1OCCCCCCCCO. The second kappa shape index (κ2) is 10.7. The Kier molecular flexibility index (Phi) is 8.90. The van der Waals surface area contributed by atoms with E-state index in [9.17, 15) is 4.79 Å². The number of aliphatic hydroxyl groups is 1. The minimum atomic E-state index is -1.05. The summed E-state index contributed by atoms with van der Waals surface area (Å²) in [5.74, 6) is 0.0886. The molecule has 0 aromatic heterocycles. The Balaban J connectivity index is 2.53. The maximum Gasteiger partial charge on any atom is 0.335 e. The molecule has 0 atom stereocenters. The van der Waals surface area contributed by atoms with Gasteiger partial charge in [-0.1, -0.05) is 25.7 Å². The van der Waals surface area contributed by atoms with Crippen LogP contribution in [0, 0.1) is 0 Å². The zero-order chi connectivity index (χ0) is 17.1. The quantitative estimate of drug-likeness (QED) is 0.574. The molecule has 0 aliphatic rings. The van der Waals surface area contributed by atoms with Gasteiger partial charge in [0.1, 0.15) is 0 Å². The van der Waals surface area contributed by atoms with Gasteiger partial charge in [0.2, 0.25) is 5.75 Å². The van der Waals surface area contributed by atoms with Crippen molar-refractivity contribution in [2.24, 2.45) is 0 Å². The molecule has 0 saturated heterocycles. The Morgan fingerprint density at radius 2 is 1.48 bits per heavy atom. The van der Waals surface area contributed by atoms with Crippen molar-refractivity contribution >= 4 is 5.97 Å². The third-order valence-electron chi connectivity index (χ3n) is 3.51. The molecule has 0 heterocycles. The number of carboxylic acids is 1. The van der Waals surface area contributed by atoms with Gasteiger partial charge in [-0.2, -0.15) is 0 Å². The number of ether oxygens (including phenoxy) is 3. The van der Waals surface area contributed by atoms with Crippen molar-refractivity contribution in [1.82, 2.24) is 0 Å². The summed E-state index contributed by atoms with van der Waals surface area (Å²) in [4.78, 5) is 11.1. The fourth-order valence-corrected chi connectivity index (χ4v) is 2.24. The third kappa shape index (κ3) is 6.36. The Morgan fingerprint density at radius 3 is 1.96 bits per heavy atom. The fourth-order valence-electron chi connectivity index (χ4n) is 2.24. The van der Waals surface area contributed by atoms with Gasteiger partial charge in [0, 0.05) is 6.61 Å². The van der Waals surface area contributed by atoms with Crippen molar-refractivity contribution in [3.05, 3.63) is 17.7 Å². The zero-order valence-corrected chi connectivity index (χ0v) is 13.8. The average Bonchev–Trinajstić information content (AvgIpc) is 2.56. The van der Waals surface area contributed by atoms with Gasteiger partial charge in [0.15, 0.2) is 11.5 Å². The van der Waals surface area contributed by atoms with E-state index in [-0.39, 0.29) is 12.2 Å². The van der Waals surface area contributed by atoms with Gasteiger partial charge in [-0.3, -0.25) is 0 Å². The van der Waals surface area contributed by atoms with E-state index in [1.54, 1.807) is 0 Å². The highest BCUT2D eigenvalue weighted by Crippen LogP contribution is 2.38. The molecule has 0 fully saturated rings. The standard InChI is InChI=1S/C17H26O6/c1-21-14-11-13(17(19)20)12-15(22-2)16(14)23-10-8-6-4-3-5-7-9-18/h11-12,18H,3-10H2,1-2H3,(H,19,20). The van der Waals surface area contributed by atoms with Crippen LogP contribution in [0.5, 0.6) is 17.2 Å². The van der Waals surface area contributed by atoms with Crippen molar-refractivity contribution in [3.8, 4) is 17.2 Å². The van der Waals surface area contributed by atoms with E-state index in [0.717, 1.165) is 38.5 Å². The predicted octanol–water partition coefficient (Wildman–Crippen LogP) is 3.11. The number of hydrogen-bond donors (Lipinski definition) is 2. The topological polar surface area (TPSA) is 85.2 Å². The summed E-state index contributed by atoms with van der Waals surface area (Å²) in [6, 6.07) is 2.85. The molecule has 1 rings (SSSR count). The van der Waals surface area contributed by atoms with E-state index in [1.165, 1.54) is 26.4 Å². The molecule has 0 saturated carbocycles. The maximum atomic E-state index is 11.1. The summed E-state index contributed by atoms with van der Waals surface area (Å²) >= 11 is 0. The largest absolute Gasteiger partial charge is 0.493 e. The number of carboxylic acid groups (broad SMARTS) is 1. The number of unbranched alkanes of at least 4 members (excludes halogenated alkanes) is 5. The van der Waals surface area contributed by atoms with Crippen LogP contribution in [0.3, 0.4) is 0 Å². The van der Waals surface area contributed by atoms with Crippen molar-refractivity contribution in [1.29, 1.82) is 0 Å². The van der Waals surface area contributed by atoms with Crippen LogP contribution in [0.15, 0.2) is 12.1 Å². The number of hydrogen-bond acceptors (Lipinski definition) is 5. The molecule has 2 N–H and O–H groups in total. The second-order valence-electron chi connectivity index (χ2n) is 5.21. The summed E-state index contributed by atoms with van der Waals surface area (Å²) in [6.07, 6.45) is 6.07. The Hall–Kier alpha value is -1.95. The van der Waals surface area contributed by atoms with Gasteiger partial charge in [-0.05, 0) is 25.0 Å². The zero-order valence-electron chi connectivity index (χ0n) is 13.8. The number of methoxy groups -OCH3 is 2. The Labute approximate surface area is 137 Å². The highest BCUT2D eigenvalue weighted by atomic mass is 16.5. The van der Waals surface area contributed by atoms with E-state index < -0.39 is 5.97 Å². The smallest absolute Gasteiger partial charge is 0.335 e. The van der Waals surface area contributed by atoms with Crippen LogP contribution in [-0.2, 0) is 0 Å². The van der Waals surface area contributed by atoms with E-state index >= 15 is 0 Å². The van der Waals surface area contributed by atoms with Crippen molar-refractivity contribution in [2.45, 2.75) is 38.5 Å². The number of benzene rings is 1. The average molecular weight is 326 g/mol. The van der Waals surface area contributed by atoms with Crippen molar-refractivity contribution in [3.63, 3.8) is 0 Å². The highest BCUT2D eigenvalue weighted by molar-refractivity contribution is 5.89. The highest BCUT2D eigenvalue weighted by Gasteiger charge is 2.17. The molecule has 0 aliphatic heterocycles. The van der Waals surface area contributed by atoms with Gasteiger partial charge < -0.3 is 24.4 Å². The third-order valence-corrected chi connectivity index (χ3v) is 3.51. The monoisotopic (exact) mass is 326 g/mol. The van der Waals surface area contributed by atoms with Crippen molar-refractivity contribution < 1.29 is 29.2 Å². The molecular weight excluding hydrogens is 300 g/mol. The first-order valence-corrected chi connectivity index (χ1v) is 7.87. The molecule has 6 heteroatoms. The molecule has 0 bridgehead atoms. The molecule has 1 aromatic rings. The summed E-state index contributed by atoms with van der Waals surface area (Å²) in [5, 5.41) is 17.8. The van der Waals surface area contributed by atoms with Crippen LogP contribution in [-0.4, -0.2) is 43.6 Å². The van der Waals surface area contributed by atoms with Gasteiger partial charge in [0.05, 0.1) is 26.4 Å². The molecule has 23 heavy (non-hydrogen) atoms. The van der Waals surface area contributed by atoms with Gasteiger partial charge in [-0.25, -0.2) is 4.79 Å². The van der Waals surface area contributed by atoms with Crippen LogP contribution in [0.1, 0.15) is 48.9 Å². The van der Waals surface area contributed by atoms with Gasteiger partial charge in [0.25, 0.3) is 0 Å². The minimum absolute atomic E-state index is 0.0925. The lowest BCUT2D eigenvalue weighted by Gasteiger charge is -2.15. The molecule has 0 aliphatic carbocycles. The molecule has 6 nitrogen and oxygen atoms in total. The van der Waals surface area contributed by atoms with Crippen molar-refractivity contribution in [2.75, 3.05) is 27.4 Å². The normalized spacial score (nSPS) is 10.4. The Morgan fingerprint density at radius 1 is 0.957 bits per heavy atom. The van der Waals surface area contributed by atoms with E-state index in [4.69, 9.17) is 24.4 Å². The minimum Gasteiger partial charge on any atom is -0.493 e. The van der Waals surface area contributed by atoms with Crippen LogP contribution >= 0.6 is 0 Å². The fraction of sp³-hybridized carbons (Fsp3) is 0.588. The van der Waals surface area contributed by atoms with Crippen LogP contribution in [0.4, 0.5) is 0 Å². The molecule has 1 aromatic carbocycles. The Bertz CT molecular complexity index is 461. The number of carbonyl (C=O) groups is 1. The van der Waals surface area contributed by atoms with Crippen LogP contribution in [0.25, 0.3) is 0 Å². The molecule has 130 valence electrons. The molecular formula is C17H26O6.